The van der Waals surface area contributed by atoms with Gasteiger partial charge in [0, 0.05) is 24.5 Å². The molecular weight excluding hydrogens is 358 g/mol. The minimum Gasteiger partial charge on any atom is -0.451 e. The number of sulfonamides is 1. The first-order valence-corrected chi connectivity index (χ1v) is 8.60. The van der Waals surface area contributed by atoms with Crippen molar-refractivity contribution in [3.63, 3.8) is 0 Å². The molecule has 114 valence electrons. The topological polar surface area (TPSA) is 84.2 Å². The molecular formula is C13H16BrN3O3S. The Morgan fingerprint density at radius 2 is 2.00 bits per heavy atom. The Bertz CT molecular complexity index is 699. The van der Waals surface area contributed by atoms with Gasteiger partial charge in [0.1, 0.15) is 10.7 Å². The zero-order valence-electron chi connectivity index (χ0n) is 11.6. The van der Waals surface area contributed by atoms with Gasteiger partial charge in [-0.15, -0.1) is 0 Å². The van der Waals surface area contributed by atoms with Crippen LogP contribution in [0.15, 0.2) is 44.6 Å². The Balaban J connectivity index is 2.20. The summed E-state index contributed by atoms with van der Waals surface area (Å²) in [5.41, 5.74) is 0.444. The Morgan fingerprint density at radius 3 is 2.62 bits per heavy atom. The van der Waals surface area contributed by atoms with E-state index in [4.69, 9.17) is 4.42 Å². The number of hydrogen-bond acceptors (Lipinski definition) is 5. The van der Waals surface area contributed by atoms with Crippen LogP contribution in [0.4, 0.5) is 5.69 Å². The molecule has 21 heavy (non-hydrogen) atoms. The first-order chi connectivity index (χ1) is 9.88. The molecule has 0 aliphatic rings. The van der Waals surface area contributed by atoms with Gasteiger partial charge in [-0.05, 0) is 28.1 Å². The molecule has 2 rings (SSSR count). The van der Waals surface area contributed by atoms with Crippen molar-refractivity contribution in [3.8, 4) is 0 Å². The fourth-order valence-corrected chi connectivity index (χ4v) is 3.66. The van der Waals surface area contributed by atoms with Gasteiger partial charge in [0.2, 0.25) is 0 Å². The normalized spacial score (nSPS) is 11.8. The van der Waals surface area contributed by atoms with Crippen LogP contribution in [0.2, 0.25) is 0 Å². The summed E-state index contributed by atoms with van der Waals surface area (Å²) in [7, 11) is -3.71. The van der Waals surface area contributed by atoms with E-state index in [1.165, 1.54) is 18.5 Å². The molecule has 0 unspecified atom stereocenters. The number of rotatable bonds is 6. The van der Waals surface area contributed by atoms with Gasteiger partial charge in [0.15, 0.2) is 4.67 Å². The summed E-state index contributed by atoms with van der Waals surface area (Å²) >= 11 is 3.15. The molecule has 0 aromatic carbocycles. The third-order valence-electron chi connectivity index (χ3n) is 2.61. The van der Waals surface area contributed by atoms with Crippen LogP contribution in [0.5, 0.6) is 0 Å². The zero-order valence-corrected chi connectivity index (χ0v) is 14.0. The molecule has 0 bridgehead atoms. The van der Waals surface area contributed by atoms with Crippen LogP contribution in [-0.2, 0) is 16.6 Å². The molecule has 0 aliphatic carbocycles. The van der Waals surface area contributed by atoms with E-state index in [2.05, 4.69) is 31.0 Å². The molecule has 2 heterocycles. The molecule has 2 aromatic rings. The molecule has 0 radical (unpaired) electrons. The first kappa shape index (κ1) is 16.0. The molecule has 8 heteroatoms. The molecule has 0 aliphatic heterocycles. The van der Waals surface area contributed by atoms with Crippen LogP contribution in [-0.4, -0.2) is 19.4 Å². The van der Waals surface area contributed by atoms with Crippen LogP contribution in [0.1, 0.15) is 19.6 Å². The van der Waals surface area contributed by atoms with Gasteiger partial charge in [0.05, 0.1) is 12.2 Å². The Kier molecular flexibility index (Phi) is 5.02. The first-order valence-electron chi connectivity index (χ1n) is 6.33. The summed E-state index contributed by atoms with van der Waals surface area (Å²) in [4.78, 5) is 3.91. The molecule has 0 atom stereocenters. The van der Waals surface area contributed by atoms with Crippen LogP contribution < -0.4 is 10.0 Å². The number of furan rings is 1. The van der Waals surface area contributed by atoms with Crippen molar-refractivity contribution in [1.82, 2.24) is 10.3 Å². The number of aromatic nitrogens is 1. The van der Waals surface area contributed by atoms with Crippen molar-refractivity contribution in [1.29, 1.82) is 0 Å². The van der Waals surface area contributed by atoms with E-state index in [1.807, 2.05) is 13.8 Å². The number of halogens is 1. The molecule has 0 amide bonds. The fourth-order valence-electron chi connectivity index (χ4n) is 1.60. The maximum Gasteiger partial charge on any atom is 0.266 e. The van der Waals surface area contributed by atoms with Gasteiger partial charge in [0.25, 0.3) is 10.0 Å². The number of hydrogen-bond donors (Lipinski definition) is 2. The minimum atomic E-state index is -3.71. The van der Waals surface area contributed by atoms with E-state index >= 15 is 0 Å². The average Bonchev–Trinajstić information content (AvgIpc) is 2.79. The van der Waals surface area contributed by atoms with Crippen LogP contribution in [0.3, 0.4) is 0 Å². The maximum absolute atomic E-state index is 12.3. The molecule has 6 nitrogen and oxygen atoms in total. The van der Waals surface area contributed by atoms with Crippen LogP contribution in [0.25, 0.3) is 0 Å². The van der Waals surface area contributed by atoms with Crippen molar-refractivity contribution < 1.29 is 12.8 Å². The van der Waals surface area contributed by atoms with E-state index < -0.39 is 10.0 Å². The van der Waals surface area contributed by atoms with Crippen LogP contribution in [0, 0.1) is 0 Å². The molecule has 0 saturated heterocycles. The van der Waals surface area contributed by atoms with Crippen molar-refractivity contribution in [2.75, 3.05) is 4.72 Å². The second-order valence-electron chi connectivity index (χ2n) is 4.73. The van der Waals surface area contributed by atoms with E-state index in [9.17, 15) is 8.42 Å². The summed E-state index contributed by atoms with van der Waals surface area (Å²) in [5, 5.41) is 3.17. The van der Waals surface area contributed by atoms with Gasteiger partial charge < -0.3 is 9.73 Å². The highest BCUT2D eigenvalue weighted by Gasteiger charge is 2.22. The number of pyridine rings is 1. The largest absolute Gasteiger partial charge is 0.451 e. The monoisotopic (exact) mass is 373 g/mol. The summed E-state index contributed by atoms with van der Waals surface area (Å²) in [6, 6.07) is 4.94. The molecule has 0 spiro atoms. The summed E-state index contributed by atoms with van der Waals surface area (Å²) < 4.78 is 32.7. The smallest absolute Gasteiger partial charge is 0.266 e. The number of nitrogens with zero attached hydrogens (tertiary/aromatic N) is 1. The van der Waals surface area contributed by atoms with E-state index in [-0.39, 0.29) is 15.6 Å². The lowest BCUT2D eigenvalue weighted by atomic mass is 10.3. The molecule has 0 fully saturated rings. The Morgan fingerprint density at radius 1 is 1.33 bits per heavy atom. The maximum atomic E-state index is 12.3. The number of anilines is 1. The van der Waals surface area contributed by atoms with E-state index in [1.54, 1.807) is 12.1 Å². The highest BCUT2D eigenvalue weighted by Crippen LogP contribution is 2.27. The minimum absolute atomic E-state index is 0.0693. The lowest BCUT2D eigenvalue weighted by Crippen LogP contribution is -2.21. The second-order valence-corrected chi connectivity index (χ2v) is 7.10. The van der Waals surface area contributed by atoms with Gasteiger partial charge >= 0.3 is 0 Å². The highest BCUT2D eigenvalue weighted by atomic mass is 79.9. The molecule has 0 saturated carbocycles. The van der Waals surface area contributed by atoms with Gasteiger partial charge in [-0.2, -0.15) is 0 Å². The Hall–Kier alpha value is -1.38. The average molecular weight is 374 g/mol. The van der Waals surface area contributed by atoms with Gasteiger partial charge in [-0.1, -0.05) is 13.8 Å². The lowest BCUT2D eigenvalue weighted by molar-refractivity contribution is 0.447. The third-order valence-corrected chi connectivity index (χ3v) is 4.85. The lowest BCUT2D eigenvalue weighted by Gasteiger charge is -2.05. The van der Waals surface area contributed by atoms with E-state index in [0.29, 0.717) is 18.0 Å². The highest BCUT2D eigenvalue weighted by molar-refractivity contribution is 9.10. The second kappa shape index (κ2) is 6.59. The fraction of sp³-hybridized carbons (Fsp3) is 0.308. The summed E-state index contributed by atoms with van der Waals surface area (Å²) in [5.74, 6) is 0.547. The standard InChI is InChI=1S/C13H16BrN3O3S/c1-9(2)16-8-11-7-12(13(14)20-11)21(18,19)17-10-3-5-15-6-4-10/h3-7,9,16H,8H2,1-2H3,(H,15,17). The number of nitrogens with one attached hydrogen (secondary N) is 2. The predicted molar refractivity (Wildman–Crippen MR) is 83.4 cm³/mol. The Labute approximate surface area is 132 Å². The van der Waals surface area contributed by atoms with Gasteiger partial charge in [-0.3, -0.25) is 9.71 Å². The molecule has 2 aromatic heterocycles. The molecule has 2 N–H and O–H groups in total. The summed E-state index contributed by atoms with van der Waals surface area (Å²) in [6.07, 6.45) is 3.03. The van der Waals surface area contributed by atoms with Crippen LogP contribution >= 0.6 is 15.9 Å². The van der Waals surface area contributed by atoms with Crippen molar-refractivity contribution >= 4 is 31.6 Å². The van der Waals surface area contributed by atoms with Gasteiger partial charge in [-0.25, -0.2) is 8.42 Å². The SMILES string of the molecule is CC(C)NCc1cc(S(=O)(=O)Nc2ccncc2)c(Br)o1. The van der Waals surface area contributed by atoms with Crippen molar-refractivity contribution in [2.24, 2.45) is 0 Å². The quantitative estimate of drug-likeness (QED) is 0.812. The predicted octanol–water partition coefficient (Wildman–Crippen LogP) is 2.74. The van der Waals surface area contributed by atoms with E-state index in [0.717, 1.165) is 0 Å². The van der Waals surface area contributed by atoms with Crippen molar-refractivity contribution in [2.45, 2.75) is 31.3 Å². The third kappa shape index (κ3) is 4.29. The summed E-state index contributed by atoms with van der Waals surface area (Å²) in [6.45, 7) is 4.46. The zero-order chi connectivity index (χ0) is 15.5. The van der Waals surface area contributed by atoms with Crippen molar-refractivity contribution in [3.05, 3.63) is 41.0 Å².